The normalized spacial score (nSPS) is 15.0. The summed E-state index contributed by atoms with van der Waals surface area (Å²) in [6.07, 6.45) is 1.73. The Balaban J connectivity index is 1.45. The summed E-state index contributed by atoms with van der Waals surface area (Å²) in [4.78, 5) is 31.4. The average molecular weight is 484 g/mol. The molecule has 1 aliphatic heterocycles. The lowest BCUT2D eigenvalue weighted by atomic mass is 10.1. The van der Waals surface area contributed by atoms with Crippen LogP contribution in [0.5, 0.6) is 0 Å². The molecule has 9 nitrogen and oxygen atoms in total. The first-order valence-electron chi connectivity index (χ1n) is 11.8. The van der Waals surface area contributed by atoms with E-state index >= 15 is 0 Å². The van der Waals surface area contributed by atoms with Gasteiger partial charge in [-0.3, -0.25) is 4.79 Å². The number of aryl methyl sites for hydroxylation is 2. The zero-order chi connectivity index (χ0) is 25.7. The maximum absolute atomic E-state index is 12.6. The number of nitrogens with zero attached hydrogens (tertiary/aromatic N) is 3. The van der Waals surface area contributed by atoms with Gasteiger partial charge in [0.15, 0.2) is 0 Å². The zero-order valence-corrected chi connectivity index (χ0v) is 20.3. The van der Waals surface area contributed by atoms with E-state index in [4.69, 9.17) is 11.0 Å². The SMILES string of the molecule is Cc1ccc(NC(=O)N[C@@H]2CCCN(c3ccc(C(N)=O)c(Nc4ccc(C#N)cc4)n3)C2)cc1C. The predicted molar refractivity (Wildman–Crippen MR) is 140 cm³/mol. The number of hydrogen-bond donors (Lipinski definition) is 4. The van der Waals surface area contributed by atoms with Crippen LogP contribution < -0.4 is 26.6 Å². The van der Waals surface area contributed by atoms with Gasteiger partial charge in [0.2, 0.25) is 0 Å². The summed E-state index contributed by atoms with van der Waals surface area (Å²) >= 11 is 0. The van der Waals surface area contributed by atoms with Crippen LogP contribution >= 0.6 is 0 Å². The van der Waals surface area contributed by atoms with Gasteiger partial charge in [0.05, 0.1) is 17.2 Å². The van der Waals surface area contributed by atoms with Crippen LogP contribution in [0.25, 0.3) is 0 Å². The molecule has 1 saturated heterocycles. The molecule has 4 rings (SSSR count). The van der Waals surface area contributed by atoms with Crippen molar-refractivity contribution in [1.29, 1.82) is 5.26 Å². The third-order valence-corrected chi connectivity index (χ3v) is 6.27. The van der Waals surface area contributed by atoms with E-state index < -0.39 is 5.91 Å². The molecule has 5 N–H and O–H groups in total. The number of benzene rings is 2. The molecule has 1 aromatic heterocycles. The van der Waals surface area contributed by atoms with Gasteiger partial charge in [-0.05, 0) is 86.3 Å². The highest BCUT2D eigenvalue weighted by Gasteiger charge is 2.24. The summed E-state index contributed by atoms with van der Waals surface area (Å²) in [5.41, 5.74) is 10.1. The Morgan fingerprint density at radius 2 is 1.81 bits per heavy atom. The summed E-state index contributed by atoms with van der Waals surface area (Å²) in [5, 5.41) is 18.1. The lowest BCUT2D eigenvalue weighted by molar-refractivity contribution is 0.100. The molecule has 3 amide bonds. The summed E-state index contributed by atoms with van der Waals surface area (Å²) in [7, 11) is 0. The molecule has 9 heteroatoms. The number of primary amides is 1. The van der Waals surface area contributed by atoms with Gasteiger partial charge >= 0.3 is 6.03 Å². The van der Waals surface area contributed by atoms with Crippen LogP contribution in [0.15, 0.2) is 54.6 Å². The molecule has 0 unspecified atom stereocenters. The van der Waals surface area contributed by atoms with Gasteiger partial charge in [0, 0.05) is 30.5 Å². The van der Waals surface area contributed by atoms with Gasteiger partial charge in [-0.25, -0.2) is 9.78 Å². The molecule has 36 heavy (non-hydrogen) atoms. The molecule has 2 aromatic carbocycles. The van der Waals surface area contributed by atoms with E-state index in [0.29, 0.717) is 29.4 Å². The lowest BCUT2D eigenvalue weighted by Crippen LogP contribution is -2.49. The Morgan fingerprint density at radius 1 is 1.06 bits per heavy atom. The van der Waals surface area contributed by atoms with Gasteiger partial charge in [-0.2, -0.15) is 5.26 Å². The van der Waals surface area contributed by atoms with Crippen LogP contribution in [-0.2, 0) is 0 Å². The Kier molecular flexibility index (Phi) is 7.35. The minimum Gasteiger partial charge on any atom is -0.365 e. The molecule has 0 radical (unpaired) electrons. The van der Waals surface area contributed by atoms with Gasteiger partial charge < -0.3 is 26.6 Å². The molecule has 3 aromatic rings. The average Bonchev–Trinajstić information content (AvgIpc) is 2.86. The fourth-order valence-corrected chi connectivity index (χ4v) is 4.16. The second-order valence-electron chi connectivity index (χ2n) is 8.93. The molecule has 2 heterocycles. The number of carbonyl (C=O) groups excluding carboxylic acids is 2. The number of pyridine rings is 1. The molecule has 1 aliphatic rings. The zero-order valence-electron chi connectivity index (χ0n) is 20.3. The highest BCUT2D eigenvalue weighted by Crippen LogP contribution is 2.25. The maximum Gasteiger partial charge on any atom is 0.319 e. The first kappa shape index (κ1) is 24.5. The molecular formula is C27H29N7O2. The lowest BCUT2D eigenvalue weighted by Gasteiger charge is -2.34. The topological polar surface area (TPSA) is 136 Å². The number of carbonyl (C=O) groups is 2. The second-order valence-corrected chi connectivity index (χ2v) is 8.93. The standard InChI is InChI=1S/C27H29N7O2/c1-17-5-8-21(14-18(17)2)31-27(36)32-22-4-3-13-34(16-22)24-12-11-23(25(29)35)26(33-24)30-20-9-6-19(15-28)7-10-20/h5-12,14,22H,3-4,13,16H2,1-2H3,(H2,29,35)(H,30,33)(H2,31,32,36)/t22-/m1/s1. The van der Waals surface area contributed by atoms with Gasteiger partial charge in [-0.15, -0.1) is 0 Å². The van der Waals surface area contributed by atoms with Crippen molar-refractivity contribution in [3.63, 3.8) is 0 Å². The van der Waals surface area contributed by atoms with Crippen LogP contribution in [-0.4, -0.2) is 36.1 Å². The number of hydrogen-bond acceptors (Lipinski definition) is 6. The number of urea groups is 1. The van der Waals surface area contributed by atoms with Crippen LogP contribution in [0, 0.1) is 25.2 Å². The van der Waals surface area contributed by atoms with Crippen molar-refractivity contribution in [2.75, 3.05) is 28.6 Å². The molecular weight excluding hydrogens is 454 g/mol. The Morgan fingerprint density at radius 3 is 2.50 bits per heavy atom. The van der Waals surface area contributed by atoms with Gasteiger partial charge in [0.1, 0.15) is 11.6 Å². The van der Waals surface area contributed by atoms with Crippen molar-refractivity contribution in [2.24, 2.45) is 5.73 Å². The van der Waals surface area contributed by atoms with E-state index in [1.165, 1.54) is 5.56 Å². The van der Waals surface area contributed by atoms with E-state index in [0.717, 1.165) is 30.6 Å². The van der Waals surface area contributed by atoms with E-state index in [1.54, 1.807) is 36.4 Å². The molecule has 0 spiro atoms. The molecule has 0 aliphatic carbocycles. The molecule has 1 atom stereocenters. The molecule has 184 valence electrons. The number of nitrogens with two attached hydrogens (primary N) is 1. The van der Waals surface area contributed by atoms with Crippen molar-refractivity contribution in [2.45, 2.75) is 32.7 Å². The quantitative estimate of drug-likeness (QED) is 0.415. The highest BCUT2D eigenvalue weighted by atomic mass is 16.2. The van der Waals surface area contributed by atoms with Crippen molar-refractivity contribution >= 4 is 34.9 Å². The number of amides is 3. The molecule has 1 fully saturated rings. The molecule has 0 bridgehead atoms. The Hall–Kier alpha value is -4.58. The van der Waals surface area contributed by atoms with Gasteiger partial charge in [-0.1, -0.05) is 6.07 Å². The van der Waals surface area contributed by atoms with E-state index in [9.17, 15) is 9.59 Å². The number of nitriles is 1. The number of aromatic nitrogens is 1. The Bertz CT molecular complexity index is 1310. The van der Waals surface area contributed by atoms with E-state index in [1.807, 2.05) is 32.0 Å². The van der Waals surface area contributed by atoms with Crippen molar-refractivity contribution < 1.29 is 9.59 Å². The first-order valence-corrected chi connectivity index (χ1v) is 11.8. The third-order valence-electron chi connectivity index (χ3n) is 6.27. The fraction of sp³-hybridized carbons (Fsp3) is 0.259. The second kappa shape index (κ2) is 10.8. The monoisotopic (exact) mass is 483 g/mol. The van der Waals surface area contributed by atoms with E-state index in [-0.39, 0.29) is 17.6 Å². The number of piperidine rings is 1. The fourth-order valence-electron chi connectivity index (χ4n) is 4.16. The number of anilines is 4. The van der Waals surface area contributed by atoms with Crippen LogP contribution in [0.4, 0.5) is 27.8 Å². The van der Waals surface area contributed by atoms with E-state index in [2.05, 4.69) is 31.9 Å². The Labute approximate surface area is 210 Å². The molecule has 0 saturated carbocycles. The van der Waals surface area contributed by atoms with Crippen LogP contribution in [0.3, 0.4) is 0 Å². The first-order chi connectivity index (χ1) is 17.3. The van der Waals surface area contributed by atoms with Crippen molar-refractivity contribution in [1.82, 2.24) is 10.3 Å². The third kappa shape index (κ3) is 5.91. The minimum atomic E-state index is -0.591. The smallest absolute Gasteiger partial charge is 0.319 e. The van der Waals surface area contributed by atoms with Crippen LogP contribution in [0.2, 0.25) is 0 Å². The highest BCUT2D eigenvalue weighted by molar-refractivity contribution is 5.98. The summed E-state index contributed by atoms with van der Waals surface area (Å²) in [6, 6.07) is 17.9. The largest absolute Gasteiger partial charge is 0.365 e. The maximum atomic E-state index is 12.6. The van der Waals surface area contributed by atoms with Gasteiger partial charge in [0.25, 0.3) is 5.91 Å². The predicted octanol–water partition coefficient (Wildman–Crippen LogP) is 4.20. The number of rotatable bonds is 6. The number of nitrogens with one attached hydrogen (secondary N) is 3. The van der Waals surface area contributed by atoms with Crippen LogP contribution in [0.1, 0.15) is 39.9 Å². The summed E-state index contributed by atoms with van der Waals surface area (Å²) in [5.74, 6) is 0.427. The van der Waals surface area contributed by atoms with Crippen molar-refractivity contribution in [3.8, 4) is 6.07 Å². The van der Waals surface area contributed by atoms with Crippen molar-refractivity contribution in [3.05, 3.63) is 76.9 Å². The summed E-state index contributed by atoms with van der Waals surface area (Å²) in [6.45, 7) is 5.40. The summed E-state index contributed by atoms with van der Waals surface area (Å²) < 4.78 is 0. The minimum absolute atomic E-state index is 0.0575.